The van der Waals surface area contributed by atoms with Crippen LogP contribution < -0.4 is 5.73 Å². The number of hydrogen-bond donors (Lipinski definition) is 1. The average Bonchev–Trinajstić information content (AvgIpc) is 2.44. The molecule has 1 heterocycles. The van der Waals surface area contributed by atoms with Crippen molar-refractivity contribution >= 4 is 0 Å². The minimum absolute atomic E-state index is 0.0537. The lowest BCUT2D eigenvalue weighted by molar-refractivity contribution is -0.194. The van der Waals surface area contributed by atoms with E-state index in [-0.39, 0.29) is 37.0 Å². The topological polar surface area (TPSA) is 35.2 Å². The van der Waals surface area contributed by atoms with E-state index in [0.29, 0.717) is 0 Å². The van der Waals surface area contributed by atoms with E-state index in [1.54, 1.807) is 0 Å². The van der Waals surface area contributed by atoms with Crippen molar-refractivity contribution in [2.24, 2.45) is 17.6 Å². The van der Waals surface area contributed by atoms with Crippen LogP contribution in [0.25, 0.3) is 0 Å². The quantitative estimate of drug-likeness (QED) is 0.682. The fraction of sp³-hybridized carbons (Fsp3) is 1.00. The number of halogens is 3. The molecule has 5 heteroatoms. The maximum atomic E-state index is 12.6. The molecule has 1 saturated carbocycles. The molecule has 0 unspecified atom stereocenters. The zero-order valence-corrected chi connectivity index (χ0v) is 8.63. The monoisotopic (exact) mass is 223 g/mol. The first-order chi connectivity index (χ1) is 6.88. The second-order valence-electron chi connectivity index (χ2n) is 4.76. The van der Waals surface area contributed by atoms with Crippen LogP contribution in [0.3, 0.4) is 0 Å². The maximum absolute atomic E-state index is 12.6. The number of nitrogens with two attached hydrogens (primary N) is 1. The molecule has 0 aromatic heterocycles. The van der Waals surface area contributed by atoms with Crippen LogP contribution in [0.4, 0.5) is 13.2 Å². The van der Waals surface area contributed by atoms with Crippen LogP contribution in [0.15, 0.2) is 0 Å². The van der Waals surface area contributed by atoms with Gasteiger partial charge in [-0.25, -0.2) is 0 Å². The minimum Gasteiger partial charge on any atom is -0.375 e. The second kappa shape index (κ2) is 3.63. The summed E-state index contributed by atoms with van der Waals surface area (Å²) in [7, 11) is 0. The zero-order valence-electron chi connectivity index (χ0n) is 8.63. The molecule has 2 aliphatic rings. The van der Waals surface area contributed by atoms with Crippen LogP contribution in [0.5, 0.6) is 0 Å². The van der Waals surface area contributed by atoms with Gasteiger partial charge in [-0.3, -0.25) is 0 Å². The Morgan fingerprint density at radius 2 is 1.87 bits per heavy atom. The maximum Gasteiger partial charge on any atom is 0.391 e. The summed E-state index contributed by atoms with van der Waals surface area (Å²) in [6, 6.07) is -0.361. The van der Waals surface area contributed by atoms with E-state index in [1.165, 1.54) is 0 Å². The Bertz CT molecular complexity index is 243. The van der Waals surface area contributed by atoms with E-state index in [0.717, 1.165) is 6.42 Å². The minimum atomic E-state index is -4.13. The van der Waals surface area contributed by atoms with Gasteiger partial charge in [0.25, 0.3) is 0 Å². The molecule has 0 aromatic carbocycles. The van der Waals surface area contributed by atoms with Gasteiger partial charge in [0.1, 0.15) is 0 Å². The number of rotatable bonds is 0. The van der Waals surface area contributed by atoms with Gasteiger partial charge in [-0.2, -0.15) is 13.2 Å². The van der Waals surface area contributed by atoms with E-state index in [4.69, 9.17) is 10.5 Å². The Morgan fingerprint density at radius 3 is 2.47 bits per heavy atom. The second-order valence-corrected chi connectivity index (χ2v) is 4.76. The summed E-state index contributed by atoms with van der Waals surface area (Å²) in [5, 5.41) is 0. The van der Waals surface area contributed by atoms with E-state index < -0.39 is 12.1 Å². The molecule has 5 atom stereocenters. The van der Waals surface area contributed by atoms with E-state index in [1.807, 2.05) is 6.92 Å². The zero-order chi connectivity index (χ0) is 11.2. The average molecular weight is 223 g/mol. The molecule has 2 fully saturated rings. The smallest absolute Gasteiger partial charge is 0.375 e. The molecule has 0 amide bonds. The van der Waals surface area contributed by atoms with Crippen LogP contribution in [0, 0.1) is 11.8 Å². The molecule has 1 saturated heterocycles. The largest absolute Gasteiger partial charge is 0.391 e. The molecule has 15 heavy (non-hydrogen) atoms. The number of fused-ring (bicyclic) bond motifs is 1. The summed E-state index contributed by atoms with van der Waals surface area (Å²) >= 11 is 0. The van der Waals surface area contributed by atoms with Crippen molar-refractivity contribution < 1.29 is 17.9 Å². The summed E-state index contributed by atoms with van der Waals surface area (Å²) in [5.74, 6) is -1.15. The van der Waals surface area contributed by atoms with Crippen LogP contribution in [0.2, 0.25) is 0 Å². The standard InChI is InChI=1S/C10H16F3NO/c1-5-2-7-8(14)3-6(10(11,12)13)4-9(7)15-5/h5-9H,2-4,14H2,1H3/t5-,6+,7-,8-,9+/m1/s1. The number of alkyl halides is 3. The Morgan fingerprint density at radius 1 is 1.20 bits per heavy atom. The van der Waals surface area contributed by atoms with Crippen LogP contribution >= 0.6 is 0 Å². The summed E-state index contributed by atoms with van der Waals surface area (Å²) in [6.45, 7) is 1.90. The van der Waals surface area contributed by atoms with Crippen molar-refractivity contribution in [1.29, 1.82) is 0 Å². The first kappa shape index (κ1) is 11.2. The summed E-state index contributed by atoms with van der Waals surface area (Å²) in [4.78, 5) is 0. The highest BCUT2D eigenvalue weighted by molar-refractivity contribution is 4.95. The third kappa shape index (κ3) is 2.13. The van der Waals surface area contributed by atoms with Gasteiger partial charge in [0, 0.05) is 12.0 Å². The Labute approximate surface area is 87.0 Å². The van der Waals surface area contributed by atoms with Crippen molar-refractivity contribution in [1.82, 2.24) is 0 Å². The summed E-state index contributed by atoms with van der Waals surface area (Å²) in [5.41, 5.74) is 5.79. The molecule has 0 aromatic rings. The van der Waals surface area contributed by atoms with Gasteiger partial charge in [-0.05, 0) is 26.2 Å². The van der Waals surface area contributed by atoms with Crippen molar-refractivity contribution in [3.63, 3.8) is 0 Å². The van der Waals surface area contributed by atoms with Gasteiger partial charge in [0.15, 0.2) is 0 Å². The fourth-order valence-corrected chi connectivity index (χ4v) is 2.82. The van der Waals surface area contributed by atoms with E-state index in [2.05, 4.69) is 0 Å². The lowest BCUT2D eigenvalue weighted by Crippen LogP contribution is -2.46. The van der Waals surface area contributed by atoms with Gasteiger partial charge in [0.05, 0.1) is 18.1 Å². The van der Waals surface area contributed by atoms with Crippen molar-refractivity contribution in [2.75, 3.05) is 0 Å². The SMILES string of the molecule is C[C@@H]1C[C@@H]2[C@H](N)C[C@H](C(F)(F)F)C[C@@H]2O1. The molecule has 88 valence electrons. The van der Waals surface area contributed by atoms with Gasteiger partial charge in [0.2, 0.25) is 0 Å². The van der Waals surface area contributed by atoms with Crippen molar-refractivity contribution in [2.45, 2.75) is 50.6 Å². The highest BCUT2D eigenvalue weighted by Gasteiger charge is 2.50. The number of ether oxygens (including phenoxy) is 1. The van der Waals surface area contributed by atoms with Crippen LogP contribution in [-0.2, 0) is 4.74 Å². The first-order valence-corrected chi connectivity index (χ1v) is 5.35. The molecular weight excluding hydrogens is 207 g/mol. The highest BCUT2D eigenvalue weighted by atomic mass is 19.4. The lowest BCUT2D eigenvalue weighted by Gasteiger charge is -2.36. The van der Waals surface area contributed by atoms with Gasteiger partial charge in [-0.15, -0.1) is 0 Å². The van der Waals surface area contributed by atoms with Crippen molar-refractivity contribution in [3.8, 4) is 0 Å². The molecular formula is C10H16F3NO. The molecule has 0 radical (unpaired) electrons. The molecule has 1 aliphatic heterocycles. The van der Waals surface area contributed by atoms with Gasteiger partial charge in [-0.1, -0.05) is 0 Å². The predicted octanol–water partition coefficient (Wildman–Crippen LogP) is 2.08. The fourth-order valence-electron chi connectivity index (χ4n) is 2.82. The highest BCUT2D eigenvalue weighted by Crippen LogP contribution is 2.44. The van der Waals surface area contributed by atoms with Gasteiger partial charge < -0.3 is 10.5 Å². The van der Waals surface area contributed by atoms with Gasteiger partial charge >= 0.3 is 6.18 Å². The van der Waals surface area contributed by atoms with Crippen molar-refractivity contribution in [3.05, 3.63) is 0 Å². The van der Waals surface area contributed by atoms with E-state index in [9.17, 15) is 13.2 Å². The molecule has 0 spiro atoms. The molecule has 1 aliphatic carbocycles. The Kier molecular flexibility index (Phi) is 2.71. The Balaban J connectivity index is 2.07. The van der Waals surface area contributed by atoms with E-state index >= 15 is 0 Å². The summed E-state index contributed by atoms with van der Waals surface area (Å²) in [6.07, 6.45) is -3.41. The molecule has 2 nitrogen and oxygen atoms in total. The molecule has 2 N–H and O–H groups in total. The van der Waals surface area contributed by atoms with Crippen LogP contribution in [-0.4, -0.2) is 24.4 Å². The summed E-state index contributed by atoms with van der Waals surface area (Å²) < 4.78 is 43.2. The number of hydrogen-bond acceptors (Lipinski definition) is 2. The third-order valence-electron chi connectivity index (χ3n) is 3.58. The van der Waals surface area contributed by atoms with Crippen LogP contribution in [0.1, 0.15) is 26.2 Å². The normalized spacial score (nSPS) is 46.6. The molecule has 2 rings (SSSR count). The first-order valence-electron chi connectivity index (χ1n) is 5.35. The predicted molar refractivity (Wildman–Crippen MR) is 49.2 cm³/mol. The lowest BCUT2D eigenvalue weighted by atomic mass is 9.76. The molecule has 0 bridgehead atoms. The Hall–Kier alpha value is -0.290. The third-order valence-corrected chi connectivity index (χ3v) is 3.58.